The molecule has 0 aromatic heterocycles. The van der Waals surface area contributed by atoms with Crippen molar-refractivity contribution in [3.63, 3.8) is 0 Å². The molecule has 0 radical (unpaired) electrons. The third-order valence-corrected chi connectivity index (χ3v) is 6.57. The highest BCUT2D eigenvalue weighted by Gasteiger charge is 2.48. The van der Waals surface area contributed by atoms with Crippen molar-refractivity contribution >= 4 is 11.8 Å². The van der Waals surface area contributed by atoms with Crippen LogP contribution in [0.15, 0.2) is 0 Å². The maximum absolute atomic E-state index is 12.8. The molecular formula is C21H38O8. The van der Waals surface area contributed by atoms with Gasteiger partial charge in [-0.2, -0.15) is 0 Å². The molecule has 1 unspecified atom stereocenters. The number of aliphatic hydroxyl groups is 5. The van der Waals surface area contributed by atoms with Crippen molar-refractivity contribution in [3.05, 3.63) is 0 Å². The van der Waals surface area contributed by atoms with Gasteiger partial charge in [0.2, 0.25) is 0 Å². The molecule has 0 amide bonds. The number of ether oxygens (including phenoxy) is 1. The summed E-state index contributed by atoms with van der Waals surface area (Å²) in [6.07, 6.45) is -5.29. The minimum atomic E-state index is -1.90. The number of hydrogen-bond donors (Lipinski definition) is 5. The third kappa shape index (κ3) is 5.35. The minimum Gasteiger partial charge on any atom is -0.459 e. The highest BCUT2D eigenvalue weighted by Crippen LogP contribution is 2.34. The topological polar surface area (TPSA) is 145 Å². The van der Waals surface area contributed by atoms with E-state index in [4.69, 9.17) is 4.74 Å². The molecule has 170 valence electrons. The molecule has 0 saturated carbocycles. The summed E-state index contributed by atoms with van der Waals surface area (Å²) >= 11 is 0. The summed E-state index contributed by atoms with van der Waals surface area (Å²) in [5.74, 6) is -4.86. The fourth-order valence-corrected chi connectivity index (χ4v) is 4.35. The molecule has 1 aliphatic rings. The lowest BCUT2D eigenvalue weighted by molar-refractivity contribution is -0.195. The average molecular weight is 419 g/mol. The summed E-state index contributed by atoms with van der Waals surface area (Å²) in [5, 5.41) is 53.6. The van der Waals surface area contributed by atoms with Crippen LogP contribution in [0.1, 0.15) is 61.3 Å². The number of esters is 1. The standard InChI is InChI=1S/C21H38O8/c1-8-14-21(7,28)18(25)11(3)15(22)10(2)9-20(6,27)17(24)12(4)16(23)13(5)19(26)29-14/h10-14,16-18,23-25,27-28H,8-9H2,1-7H3/t10-,11+,12-,13-,14?,16+,17-,18+,20-,21-/m1/s1. The van der Waals surface area contributed by atoms with Crippen LogP contribution in [0.4, 0.5) is 0 Å². The Labute approximate surface area is 172 Å². The lowest BCUT2D eigenvalue weighted by atomic mass is 9.74. The van der Waals surface area contributed by atoms with Gasteiger partial charge in [0, 0.05) is 17.8 Å². The molecule has 1 heterocycles. The van der Waals surface area contributed by atoms with Gasteiger partial charge in [-0.1, -0.05) is 27.7 Å². The summed E-state index contributed by atoms with van der Waals surface area (Å²) in [4.78, 5) is 25.4. The van der Waals surface area contributed by atoms with E-state index in [0.717, 1.165) is 0 Å². The predicted molar refractivity (Wildman–Crippen MR) is 106 cm³/mol. The summed E-state index contributed by atoms with van der Waals surface area (Å²) < 4.78 is 5.39. The van der Waals surface area contributed by atoms with Crippen LogP contribution in [0, 0.1) is 23.7 Å². The van der Waals surface area contributed by atoms with Crippen LogP contribution < -0.4 is 0 Å². The smallest absolute Gasteiger partial charge is 0.311 e. The largest absolute Gasteiger partial charge is 0.459 e. The van der Waals surface area contributed by atoms with Crippen molar-refractivity contribution in [1.29, 1.82) is 0 Å². The number of rotatable bonds is 1. The number of carbonyl (C=O) groups excluding carboxylic acids is 2. The summed E-state index contributed by atoms with van der Waals surface area (Å²) in [6, 6.07) is 0. The maximum atomic E-state index is 12.8. The molecule has 1 aliphatic heterocycles. The van der Waals surface area contributed by atoms with Gasteiger partial charge in [-0.05, 0) is 33.6 Å². The van der Waals surface area contributed by atoms with E-state index >= 15 is 0 Å². The first-order chi connectivity index (χ1) is 13.1. The molecule has 1 fully saturated rings. The van der Waals surface area contributed by atoms with Gasteiger partial charge in [0.25, 0.3) is 0 Å². The molecular weight excluding hydrogens is 380 g/mol. The molecule has 0 bridgehead atoms. The van der Waals surface area contributed by atoms with Crippen LogP contribution in [-0.4, -0.2) is 72.9 Å². The molecule has 0 aromatic carbocycles. The Balaban J connectivity index is 3.42. The quantitative estimate of drug-likeness (QED) is 0.385. The number of Topliss-reactive ketones (excluding diaryl/α,β-unsaturated/α-hetero) is 1. The molecule has 5 N–H and O–H groups in total. The monoisotopic (exact) mass is 418 g/mol. The van der Waals surface area contributed by atoms with Crippen molar-refractivity contribution in [3.8, 4) is 0 Å². The predicted octanol–water partition coefficient (Wildman–Crippen LogP) is 0.410. The third-order valence-electron chi connectivity index (χ3n) is 6.57. The van der Waals surface area contributed by atoms with E-state index in [0.29, 0.717) is 0 Å². The van der Waals surface area contributed by atoms with E-state index in [1.807, 2.05) is 0 Å². The minimum absolute atomic E-state index is 0.112. The van der Waals surface area contributed by atoms with Crippen LogP contribution in [0.5, 0.6) is 0 Å². The molecule has 10 atom stereocenters. The Kier molecular flexibility index (Phi) is 8.41. The maximum Gasteiger partial charge on any atom is 0.311 e. The number of aliphatic hydroxyl groups excluding tert-OH is 3. The van der Waals surface area contributed by atoms with Crippen molar-refractivity contribution in [2.24, 2.45) is 23.7 Å². The van der Waals surface area contributed by atoms with Crippen molar-refractivity contribution in [2.75, 3.05) is 0 Å². The molecule has 1 saturated heterocycles. The van der Waals surface area contributed by atoms with Gasteiger partial charge >= 0.3 is 5.97 Å². The Morgan fingerprint density at radius 1 is 0.966 bits per heavy atom. The first-order valence-corrected chi connectivity index (χ1v) is 10.3. The first-order valence-electron chi connectivity index (χ1n) is 10.3. The SMILES string of the molecule is CCC1OC(=O)[C@H](C)[C@@H](O)[C@@H](C)[C@@H](O)[C@](C)(O)C[C@@H](C)C(=O)[C@H](C)[C@H](O)[C@]1(C)O. The number of ketones is 1. The van der Waals surface area contributed by atoms with Gasteiger partial charge < -0.3 is 30.3 Å². The second-order valence-electron chi connectivity index (χ2n) is 9.24. The van der Waals surface area contributed by atoms with E-state index in [1.165, 1.54) is 34.6 Å². The zero-order valence-corrected chi connectivity index (χ0v) is 18.5. The number of hydrogen-bond acceptors (Lipinski definition) is 8. The Bertz CT molecular complexity index is 587. The Hall–Kier alpha value is -1.06. The van der Waals surface area contributed by atoms with E-state index in [-0.39, 0.29) is 12.8 Å². The number of carbonyl (C=O) groups is 2. The van der Waals surface area contributed by atoms with Gasteiger partial charge in [0.05, 0.1) is 29.8 Å². The molecule has 1 rings (SSSR count). The lowest BCUT2D eigenvalue weighted by Gasteiger charge is -2.41. The zero-order valence-electron chi connectivity index (χ0n) is 18.5. The highest BCUT2D eigenvalue weighted by atomic mass is 16.6. The second kappa shape index (κ2) is 9.39. The van der Waals surface area contributed by atoms with Crippen LogP contribution in [0.25, 0.3) is 0 Å². The average Bonchev–Trinajstić information content (AvgIpc) is 2.66. The van der Waals surface area contributed by atoms with Gasteiger partial charge in [0.15, 0.2) is 0 Å². The normalized spacial score (nSPS) is 48.7. The van der Waals surface area contributed by atoms with E-state index < -0.39 is 71.0 Å². The lowest BCUT2D eigenvalue weighted by Crippen LogP contribution is -2.57. The zero-order chi connectivity index (χ0) is 22.9. The van der Waals surface area contributed by atoms with Crippen LogP contribution in [0.3, 0.4) is 0 Å². The van der Waals surface area contributed by atoms with Crippen LogP contribution >= 0.6 is 0 Å². The molecule has 0 spiro atoms. The van der Waals surface area contributed by atoms with Crippen molar-refractivity contribution in [2.45, 2.75) is 96.9 Å². The van der Waals surface area contributed by atoms with Gasteiger partial charge in [0.1, 0.15) is 17.5 Å². The van der Waals surface area contributed by atoms with Crippen molar-refractivity contribution in [1.82, 2.24) is 0 Å². The summed E-state index contributed by atoms with van der Waals surface area (Å²) in [7, 11) is 0. The van der Waals surface area contributed by atoms with Gasteiger partial charge in [-0.15, -0.1) is 0 Å². The summed E-state index contributed by atoms with van der Waals surface area (Å²) in [5.41, 5.74) is -3.62. The van der Waals surface area contributed by atoms with E-state index in [1.54, 1.807) is 13.8 Å². The number of cyclic esters (lactones) is 1. The fourth-order valence-electron chi connectivity index (χ4n) is 4.35. The highest BCUT2D eigenvalue weighted by molar-refractivity contribution is 5.83. The Morgan fingerprint density at radius 3 is 1.97 bits per heavy atom. The van der Waals surface area contributed by atoms with Gasteiger partial charge in [-0.25, -0.2) is 0 Å². The molecule has 29 heavy (non-hydrogen) atoms. The molecule has 8 heteroatoms. The Morgan fingerprint density at radius 2 is 1.48 bits per heavy atom. The van der Waals surface area contributed by atoms with Crippen LogP contribution in [-0.2, 0) is 14.3 Å². The molecule has 0 aliphatic carbocycles. The summed E-state index contributed by atoms with van der Waals surface area (Å²) in [6.45, 7) is 10.3. The van der Waals surface area contributed by atoms with Crippen molar-refractivity contribution < 1.29 is 39.9 Å². The van der Waals surface area contributed by atoms with Crippen LogP contribution in [0.2, 0.25) is 0 Å². The van der Waals surface area contributed by atoms with E-state index in [2.05, 4.69) is 0 Å². The molecule has 0 aromatic rings. The second-order valence-corrected chi connectivity index (χ2v) is 9.24. The van der Waals surface area contributed by atoms with E-state index in [9.17, 15) is 35.1 Å². The molecule has 8 nitrogen and oxygen atoms in total. The fraction of sp³-hybridized carbons (Fsp3) is 0.905. The van der Waals surface area contributed by atoms with Gasteiger partial charge in [-0.3, -0.25) is 9.59 Å². The first kappa shape index (κ1) is 26.0.